The lowest BCUT2D eigenvalue weighted by molar-refractivity contribution is 1.13. The van der Waals surface area contributed by atoms with Gasteiger partial charge in [0.1, 0.15) is 6.07 Å². The van der Waals surface area contributed by atoms with Crippen LogP contribution in [0.2, 0.25) is 0 Å². The van der Waals surface area contributed by atoms with E-state index in [0.717, 1.165) is 105 Å². The Bertz CT molecular complexity index is 3530. The summed E-state index contributed by atoms with van der Waals surface area (Å²) in [6.45, 7) is 17.7. The third kappa shape index (κ3) is 6.11. The lowest BCUT2D eigenvalue weighted by Gasteiger charge is -2.25. The van der Waals surface area contributed by atoms with Gasteiger partial charge < -0.3 is 9.13 Å². The molecule has 64 heavy (non-hydrogen) atoms. The topological polar surface area (TPSA) is 38.0 Å². The van der Waals surface area contributed by atoms with E-state index in [-0.39, 0.29) is 0 Å². The molecule has 302 valence electrons. The molecule has 0 atom stereocenters. The average Bonchev–Trinajstić information content (AvgIpc) is 3.82. The number of aromatic nitrogens is 2. The van der Waals surface area contributed by atoms with Crippen LogP contribution in [-0.2, 0) is 0 Å². The molecule has 2 aromatic heterocycles. The van der Waals surface area contributed by atoms with Gasteiger partial charge in [0.05, 0.1) is 45.6 Å². The van der Waals surface area contributed by atoms with Crippen molar-refractivity contribution in [2.45, 2.75) is 27.7 Å². The van der Waals surface area contributed by atoms with Gasteiger partial charge in [-0.15, -0.1) is 0 Å². The predicted molar refractivity (Wildman–Crippen MR) is 267 cm³/mol. The number of rotatable bonds is 6. The molecule has 0 unspecified atom stereocenters. The van der Waals surface area contributed by atoms with Crippen LogP contribution in [0.5, 0.6) is 0 Å². The Labute approximate surface area is 373 Å². The third-order valence-corrected chi connectivity index (χ3v) is 12.8. The Balaban J connectivity index is 1.35. The maximum absolute atomic E-state index is 11.7. The molecule has 0 spiro atoms. The smallest absolute Gasteiger partial charge is 0.220 e. The number of nitriles is 1. The van der Waals surface area contributed by atoms with Crippen molar-refractivity contribution in [2.24, 2.45) is 0 Å². The second kappa shape index (κ2) is 15.2. The second-order valence-corrected chi connectivity index (χ2v) is 17.0. The first-order valence-electron chi connectivity index (χ1n) is 21.7. The van der Waals surface area contributed by atoms with Crippen LogP contribution >= 0.6 is 0 Å². The molecule has 0 N–H and O–H groups in total. The highest BCUT2D eigenvalue weighted by Crippen LogP contribution is 2.52. The molecule has 4 nitrogen and oxygen atoms in total. The van der Waals surface area contributed by atoms with Gasteiger partial charge in [-0.3, -0.25) is 0 Å². The van der Waals surface area contributed by atoms with Crippen molar-refractivity contribution in [2.75, 3.05) is 0 Å². The standard InChI is InChI=1S/C60H42N4/c1-37-16-22-41(23-17-37)45-26-30-54-49(34-45)47-32-39(3)20-28-52(47)63(54)59-51(36-61)56(43-12-8-6-9-13-43)58(62-5)60(57(59)44-14-10-7-11-15-44)64-53-29-21-40(4)33-48(53)50-35-46(27-31-55(50)64)42-24-18-38(2)19-25-42/h6-35H,1-4H3. The first-order chi connectivity index (χ1) is 31.3. The van der Waals surface area contributed by atoms with E-state index in [2.05, 4.69) is 181 Å². The zero-order valence-electron chi connectivity index (χ0n) is 36.1. The lowest BCUT2D eigenvalue weighted by Crippen LogP contribution is -2.08. The van der Waals surface area contributed by atoms with E-state index in [9.17, 15) is 5.26 Å². The maximum Gasteiger partial charge on any atom is 0.220 e. The van der Waals surface area contributed by atoms with Crippen LogP contribution in [-0.4, -0.2) is 9.13 Å². The van der Waals surface area contributed by atoms with E-state index >= 15 is 0 Å². The van der Waals surface area contributed by atoms with Gasteiger partial charge in [-0.1, -0.05) is 156 Å². The molecule has 11 rings (SSSR count). The molecule has 0 aliphatic heterocycles. The third-order valence-electron chi connectivity index (χ3n) is 12.8. The molecule has 0 fully saturated rings. The summed E-state index contributed by atoms with van der Waals surface area (Å²) in [5.41, 5.74) is 18.7. The molecule has 9 aromatic carbocycles. The maximum atomic E-state index is 11.7. The van der Waals surface area contributed by atoms with Gasteiger partial charge in [0, 0.05) is 32.7 Å². The molecule has 0 saturated heterocycles. The van der Waals surface area contributed by atoms with Crippen molar-refractivity contribution in [3.8, 4) is 62.0 Å². The Morgan fingerprint density at radius 2 is 0.766 bits per heavy atom. The largest absolute Gasteiger partial charge is 0.318 e. The molecule has 11 aromatic rings. The first-order valence-corrected chi connectivity index (χ1v) is 21.7. The van der Waals surface area contributed by atoms with Gasteiger partial charge in [0.25, 0.3) is 0 Å². The van der Waals surface area contributed by atoms with Gasteiger partial charge in [-0.2, -0.15) is 5.26 Å². The normalized spacial score (nSPS) is 11.4. The molecular formula is C60H42N4. The number of hydrogen-bond donors (Lipinski definition) is 0. The number of aryl methyl sites for hydroxylation is 4. The molecule has 4 heteroatoms. The Hall–Kier alpha value is -8.44. The van der Waals surface area contributed by atoms with E-state index in [1.165, 1.54) is 11.1 Å². The molecule has 2 heterocycles. The van der Waals surface area contributed by atoms with E-state index in [4.69, 9.17) is 6.57 Å². The second-order valence-electron chi connectivity index (χ2n) is 17.0. The highest BCUT2D eigenvalue weighted by Gasteiger charge is 2.31. The van der Waals surface area contributed by atoms with Crippen LogP contribution < -0.4 is 0 Å². The molecule has 0 bridgehead atoms. The molecular weight excluding hydrogens is 777 g/mol. The molecule has 0 amide bonds. The van der Waals surface area contributed by atoms with Crippen LogP contribution in [0.15, 0.2) is 182 Å². The van der Waals surface area contributed by atoms with Crippen molar-refractivity contribution in [3.05, 3.63) is 221 Å². The van der Waals surface area contributed by atoms with E-state index in [1.54, 1.807) is 0 Å². The number of fused-ring (bicyclic) bond motifs is 6. The minimum atomic E-state index is 0.422. The predicted octanol–water partition coefficient (Wildman–Crippen LogP) is 16.2. The van der Waals surface area contributed by atoms with Crippen LogP contribution in [0.1, 0.15) is 27.8 Å². The summed E-state index contributed by atoms with van der Waals surface area (Å²) in [5.74, 6) is 0. The summed E-state index contributed by atoms with van der Waals surface area (Å²) in [6, 6.07) is 67.0. The summed E-state index contributed by atoms with van der Waals surface area (Å²) >= 11 is 0. The zero-order valence-corrected chi connectivity index (χ0v) is 36.1. The van der Waals surface area contributed by atoms with Crippen molar-refractivity contribution >= 4 is 49.3 Å². The zero-order chi connectivity index (χ0) is 43.6. The van der Waals surface area contributed by atoms with Crippen molar-refractivity contribution in [1.29, 1.82) is 5.26 Å². The van der Waals surface area contributed by atoms with Crippen molar-refractivity contribution < 1.29 is 0 Å². The lowest BCUT2D eigenvalue weighted by atomic mass is 9.88. The van der Waals surface area contributed by atoms with Crippen LogP contribution in [0.4, 0.5) is 5.69 Å². The Morgan fingerprint density at radius 1 is 0.391 bits per heavy atom. The van der Waals surface area contributed by atoms with Crippen LogP contribution in [0.25, 0.3) is 104 Å². The molecule has 0 saturated carbocycles. The monoisotopic (exact) mass is 818 g/mol. The summed E-state index contributed by atoms with van der Waals surface area (Å²) in [7, 11) is 0. The van der Waals surface area contributed by atoms with Gasteiger partial charge >= 0.3 is 0 Å². The van der Waals surface area contributed by atoms with Crippen LogP contribution in [0, 0.1) is 45.6 Å². The Kier molecular flexibility index (Phi) is 9.12. The molecule has 0 radical (unpaired) electrons. The van der Waals surface area contributed by atoms with E-state index < -0.39 is 0 Å². The fraction of sp³-hybridized carbons (Fsp3) is 0.0667. The molecule has 0 aliphatic rings. The van der Waals surface area contributed by atoms with E-state index in [1.807, 2.05) is 48.5 Å². The summed E-state index contributed by atoms with van der Waals surface area (Å²) < 4.78 is 4.59. The van der Waals surface area contributed by atoms with Gasteiger partial charge in [-0.25, -0.2) is 4.85 Å². The fourth-order valence-corrected chi connectivity index (χ4v) is 9.74. The van der Waals surface area contributed by atoms with E-state index in [0.29, 0.717) is 16.8 Å². The summed E-state index contributed by atoms with van der Waals surface area (Å²) in [4.78, 5) is 4.48. The van der Waals surface area contributed by atoms with Crippen molar-refractivity contribution in [3.63, 3.8) is 0 Å². The SMILES string of the molecule is [C-]#[N+]c1c(-c2ccccc2)c(C#N)c(-n2c3ccc(C)cc3c3cc(-c4ccc(C)cc4)ccc32)c(-c2ccccc2)c1-n1c2ccc(C)cc2c2cc(-c3ccc(C)cc3)ccc21. The highest BCUT2D eigenvalue weighted by atomic mass is 15.0. The van der Waals surface area contributed by atoms with Crippen molar-refractivity contribution in [1.82, 2.24) is 9.13 Å². The Morgan fingerprint density at radius 3 is 1.20 bits per heavy atom. The highest BCUT2D eigenvalue weighted by molar-refractivity contribution is 6.16. The fourth-order valence-electron chi connectivity index (χ4n) is 9.74. The van der Waals surface area contributed by atoms with Gasteiger partial charge in [-0.05, 0) is 110 Å². The number of hydrogen-bond acceptors (Lipinski definition) is 1. The average molecular weight is 819 g/mol. The van der Waals surface area contributed by atoms with Gasteiger partial charge in [0.2, 0.25) is 5.69 Å². The minimum absolute atomic E-state index is 0.422. The minimum Gasteiger partial charge on any atom is -0.318 e. The number of nitrogens with zero attached hydrogens (tertiary/aromatic N) is 4. The molecule has 0 aliphatic carbocycles. The van der Waals surface area contributed by atoms with Crippen LogP contribution in [0.3, 0.4) is 0 Å². The van der Waals surface area contributed by atoms with Gasteiger partial charge in [0.15, 0.2) is 0 Å². The quantitative estimate of drug-likeness (QED) is 0.154. The number of benzene rings is 9. The summed E-state index contributed by atoms with van der Waals surface area (Å²) in [5, 5.41) is 16.1. The first kappa shape index (κ1) is 38.5. The summed E-state index contributed by atoms with van der Waals surface area (Å²) in [6.07, 6.45) is 0.